The lowest BCUT2D eigenvalue weighted by Crippen LogP contribution is -2.13. The van der Waals surface area contributed by atoms with Gasteiger partial charge in [-0.2, -0.15) is 4.99 Å². The van der Waals surface area contributed by atoms with Crippen molar-refractivity contribution in [3.63, 3.8) is 0 Å². The number of aliphatic imine (C=N–C) groups is 1. The predicted molar refractivity (Wildman–Crippen MR) is 94.6 cm³/mol. The molecule has 0 amide bonds. The van der Waals surface area contributed by atoms with Crippen molar-refractivity contribution in [2.24, 2.45) is 10.9 Å². The van der Waals surface area contributed by atoms with Gasteiger partial charge in [-0.15, -0.1) is 0 Å². The number of nitrogens with zero attached hydrogens (tertiary/aromatic N) is 1. The molecule has 1 nitrogen and oxygen atoms in total. The van der Waals surface area contributed by atoms with Gasteiger partial charge in [-0.25, -0.2) is 0 Å². The van der Waals surface area contributed by atoms with Crippen LogP contribution >= 0.6 is 12.2 Å². The first-order valence-electron chi connectivity index (χ1n) is 8.51. The molecule has 0 saturated heterocycles. The van der Waals surface area contributed by atoms with E-state index in [2.05, 4.69) is 53.6 Å². The lowest BCUT2D eigenvalue weighted by atomic mass is 9.77. The first-order valence-corrected chi connectivity index (χ1v) is 8.92. The standard InChI is InChI=1S/C19H27NS/c1-2-3-4-5-6-16-7-9-17(10-8-16)18-11-13-19(14-12-18)20-15-21/h11-14,16-17H,2-10H2,1H3. The van der Waals surface area contributed by atoms with Gasteiger partial charge in [-0.1, -0.05) is 51.2 Å². The predicted octanol–water partition coefficient (Wildman–Crippen LogP) is 6.67. The highest BCUT2D eigenvalue weighted by Gasteiger charge is 2.21. The second kappa shape index (κ2) is 9.12. The Hall–Kier alpha value is -0.980. The first-order chi connectivity index (χ1) is 10.3. The van der Waals surface area contributed by atoms with Gasteiger partial charge in [0.1, 0.15) is 0 Å². The van der Waals surface area contributed by atoms with Gasteiger partial charge in [-0.3, -0.25) is 0 Å². The van der Waals surface area contributed by atoms with E-state index in [0.717, 1.165) is 17.5 Å². The molecular weight excluding hydrogens is 274 g/mol. The molecule has 1 aliphatic carbocycles. The fourth-order valence-corrected chi connectivity index (χ4v) is 3.62. The van der Waals surface area contributed by atoms with Crippen molar-refractivity contribution in [3.05, 3.63) is 29.8 Å². The van der Waals surface area contributed by atoms with Crippen molar-refractivity contribution >= 4 is 23.1 Å². The lowest BCUT2D eigenvalue weighted by Gasteiger charge is -2.29. The molecule has 21 heavy (non-hydrogen) atoms. The second-order valence-corrected chi connectivity index (χ2v) is 6.54. The Bertz CT molecular complexity index is 451. The summed E-state index contributed by atoms with van der Waals surface area (Å²) in [6, 6.07) is 8.56. The molecule has 0 atom stereocenters. The molecule has 0 aromatic heterocycles. The summed E-state index contributed by atoms with van der Waals surface area (Å²) in [5.74, 6) is 1.74. The zero-order valence-corrected chi connectivity index (χ0v) is 14.0. The average Bonchev–Trinajstić information content (AvgIpc) is 2.53. The van der Waals surface area contributed by atoms with Crippen LogP contribution in [0, 0.1) is 5.92 Å². The molecule has 2 rings (SSSR count). The molecule has 0 aliphatic heterocycles. The SMILES string of the molecule is CCCCCCC1CCC(c2ccc(N=C=S)cc2)CC1. The Morgan fingerprint density at radius 2 is 1.76 bits per heavy atom. The van der Waals surface area contributed by atoms with E-state index in [4.69, 9.17) is 0 Å². The fourth-order valence-electron chi connectivity index (χ4n) is 3.52. The van der Waals surface area contributed by atoms with Crippen LogP contribution in [0.25, 0.3) is 0 Å². The zero-order valence-electron chi connectivity index (χ0n) is 13.2. The molecule has 0 radical (unpaired) electrons. The van der Waals surface area contributed by atoms with Gasteiger partial charge >= 0.3 is 0 Å². The Balaban J connectivity index is 1.76. The Kier molecular flexibility index (Phi) is 7.12. The summed E-state index contributed by atoms with van der Waals surface area (Å²) in [5.41, 5.74) is 2.39. The third-order valence-corrected chi connectivity index (χ3v) is 4.94. The van der Waals surface area contributed by atoms with Gasteiger partial charge in [0.15, 0.2) is 0 Å². The highest BCUT2D eigenvalue weighted by atomic mass is 32.1. The molecule has 0 heterocycles. The van der Waals surface area contributed by atoms with Crippen LogP contribution in [0.3, 0.4) is 0 Å². The number of rotatable bonds is 7. The largest absolute Gasteiger partial charge is 0.195 e. The van der Waals surface area contributed by atoms with Gasteiger partial charge < -0.3 is 0 Å². The van der Waals surface area contributed by atoms with Crippen molar-refractivity contribution in [1.29, 1.82) is 0 Å². The lowest BCUT2D eigenvalue weighted by molar-refractivity contribution is 0.302. The second-order valence-electron chi connectivity index (χ2n) is 6.36. The minimum absolute atomic E-state index is 0.752. The van der Waals surface area contributed by atoms with Crippen LogP contribution in [0.4, 0.5) is 5.69 Å². The molecule has 1 aliphatic rings. The normalized spacial score (nSPS) is 21.8. The molecule has 1 saturated carbocycles. The molecular formula is C19H27NS. The fraction of sp³-hybridized carbons (Fsp3) is 0.632. The number of hydrogen-bond donors (Lipinski definition) is 0. The van der Waals surface area contributed by atoms with E-state index in [-0.39, 0.29) is 0 Å². The van der Waals surface area contributed by atoms with Crippen LogP contribution < -0.4 is 0 Å². The van der Waals surface area contributed by atoms with E-state index in [1.807, 2.05) is 0 Å². The van der Waals surface area contributed by atoms with E-state index in [9.17, 15) is 0 Å². The number of isothiocyanates is 1. The number of benzene rings is 1. The Morgan fingerprint density at radius 3 is 2.38 bits per heavy atom. The molecule has 0 unspecified atom stereocenters. The maximum absolute atomic E-state index is 4.64. The van der Waals surface area contributed by atoms with Gasteiger partial charge in [0, 0.05) is 0 Å². The summed E-state index contributed by atoms with van der Waals surface area (Å²) >= 11 is 4.64. The number of thiocarbonyl (C=S) groups is 1. The van der Waals surface area contributed by atoms with E-state index in [1.54, 1.807) is 0 Å². The molecule has 0 spiro atoms. The van der Waals surface area contributed by atoms with E-state index in [1.165, 1.54) is 63.4 Å². The van der Waals surface area contributed by atoms with Crippen LogP contribution in [0.5, 0.6) is 0 Å². The van der Waals surface area contributed by atoms with Gasteiger partial charge in [0.2, 0.25) is 0 Å². The summed E-state index contributed by atoms with van der Waals surface area (Å²) in [5, 5.41) is 2.43. The zero-order chi connectivity index (χ0) is 14.9. The minimum Gasteiger partial charge on any atom is -0.195 e. The summed E-state index contributed by atoms with van der Waals surface area (Å²) in [7, 11) is 0. The quantitative estimate of drug-likeness (QED) is 0.311. The van der Waals surface area contributed by atoms with Gasteiger partial charge in [0.25, 0.3) is 0 Å². The number of unbranched alkanes of at least 4 members (excludes halogenated alkanes) is 3. The maximum atomic E-state index is 4.64. The summed E-state index contributed by atoms with van der Waals surface area (Å²) in [4.78, 5) is 4.02. The molecule has 2 heteroatoms. The van der Waals surface area contributed by atoms with Crippen LogP contribution in [-0.2, 0) is 0 Å². The van der Waals surface area contributed by atoms with Gasteiger partial charge in [0.05, 0.1) is 10.8 Å². The highest BCUT2D eigenvalue weighted by Crippen LogP contribution is 2.38. The van der Waals surface area contributed by atoms with Crippen molar-refractivity contribution in [1.82, 2.24) is 0 Å². The van der Waals surface area contributed by atoms with Crippen LogP contribution in [0.15, 0.2) is 29.3 Å². The van der Waals surface area contributed by atoms with Crippen molar-refractivity contribution in [2.45, 2.75) is 70.6 Å². The van der Waals surface area contributed by atoms with Crippen molar-refractivity contribution in [3.8, 4) is 0 Å². The molecule has 0 bridgehead atoms. The molecule has 0 N–H and O–H groups in total. The van der Waals surface area contributed by atoms with E-state index >= 15 is 0 Å². The summed E-state index contributed by atoms with van der Waals surface area (Å²) < 4.78 is 0. The smallest absolute Gasteiger partial charge is 0.0739 e. The highest BCUT2D eigenvalue weighted by molar-refractivity contribution is 7.78. The van der Waals surface area contributed by atoms with Crippen molar-refractivity contribution < 1.29 is 0 Å². The summed E-state index contributed by atoms with van der Waals surface area (Å²) in [6.07, 6.45) is 12.6. The first kappa shape index (κ1) is 16.4. The molecule has 1 fully saturated rings. The number of hydrogen-bond acceptors (Lipinski definition) is 2. The monoisotopic (exact) mass is 301 g/mol. The van der Waals surface area contributed by atoms with Crippen molar-refractivity contribution in [2.75, 3.05) is 0 Å². The Morgan fingerprint density at radius 1 is 1.05 bits per heavy atom. The molecule has 114 valence electrons. The van der Waals surface area contributed by atoms with E-state index < -0.39 is 0 Å². The topological polar surface area (TPSA) is 12.4 Å². The third kappa shape index (κ3) is 5.37. The van der Waals surface area contributed by atoms with Crippen LogP contribution in [-0.4, -0.2) is 5.16 Å². The Labute approximate surface area is 134 Å². The average molecular weight is 301 g/mol. The van der Waals surface area contributed by atoms with Gasteiger partial charge in [-0.05, 0) is 67.4 Å². The summed E-state index contributed by atoms with van der Waals surface area (Å²) in [6.45, 7) is 2.29. The van der Waals surface area contributed by atoms with E-state index in [0.29, 0.717) is 0 Å². The van der Waals surface area contributed by atoms with Crippen LogP contribution in [0.2, 0.25) is 0 Å². The minimum atomic E-state index is 0.752. The molecule has 1 aromatic carbocycles. The maximum Gasteiger partial charge on any atom is 0.0739 e. The molecule has 1 aromatic rings. The third-order valence-electron chi connectivity index (χ3n) is 4.85. The van der Waals surface area contributed by atoms with Crippen LogP contribution in [0.1, 0.15) is 76.2 Å².